The lowest BCUT2D eigenvalue weighted by Gasteiger charge is -2.35. The first kappa shape index (κ1) is 34.3. The number of carboxylic acids is 1. The molecule has 3 aromatic rings. The first-order valence-electron chi connectivity index (χ1n) is 12.4. The first-order valence-corrected chi connectivity index (χ1v) is 13.9. The van der Waals surface area contributed by atoms with Crippen molar-refractivity contribution in [3.63, 3.8) is 0 Å². The van der Waals surface area contributed by atoms with E-state index in [9.17, 15) is 27.5 Å². The Kier molecular flexibility index (Phi) is 12.0. The summed E-state index contributed by atoms with van der Waals surface area (Å²) < 4.78 is 41.3. The van der Waals surface area contributed by atoms with E-state index in [0.29, 0.717) is 44.1 Å². The molecular formula is C26H31Cl3FN5O5S. The van der Waals surface area contributed by atoms with E-state index in [1.165, 1.54) is 30.3 Å². The number of nitrogens with one attached hydrogen (secondary N) is 1. The molecule has 5 rings (SSSR count). The first-order chi connectivity index (χ1) is 18.2. The van der Waals surface area contributed by atoms with Gasteiger partial charge in [0.25, 0.3) is 10.0 Å². The van der Waals surface area contributed by atoms with Gasteiger partial charge in [0.1, 0.15) is 11.6 Å². The van der Waals surface area contributed by atoms with Crippen molar-refractivity contribution in [2.24, 2.45) is 0 Å². The molecule has 1 aromatic heterocycles. The normalized spacial score (nSPS) is 15.4. The minimum Gasteiger partial charge on any atom is -0.478 e. The lowest BCUT2D eigenvalue weighted by atomic mass is 10.1. The molecule has 0 unspecified atom stereocenters. The number of halogens is 4. The molecule has 0 bridgehead atoms. The summed E-state index contributed by atoms with van der Waals surface area (Å²) in [4.78, 5) is 35.0. The van der Waals surface area contributed by atoms with Gasteiger partial charge in [-0.1, -0.05) is 6.07 Å². The zero-order valence-electron chi connectivity index (χ0n) is 21.9. The largest absolute Gasteiger partial charge is 0.478 e. The van der Waals surface area contributed by atoms with Crippen molar-refractivity contribution in [2.75, 3.05) is 55.4 Å². The van der Waals surface area contributed by atoms with Crippen LogP contribution in [0.1, 0.15) is 23.2 Å². The van der Waals surface area contributed by atoms with E-state index in [-0.39, 0.29) is 64.7 Å². The molecule has 0 radical (unpaired) electrons. The fraction of sp³-hybridized carbons (Fsp3) is 0.346. The number of aromatic carboxylic acids is 1. The van der Waals surface area contributed by atoms with Gasteiger partial charge in [0, 0.05) is 50.3 Å². The number of aromatic nitrogens is 1. The Labute approximate surface area is 256 Å². The van der Waals surface area contributed by atoms with E-state index in [1.807, 2.05) is 9.80 Å². The van der Waals surface area contributed by atoms with Crippen LogP contribution in [-0.4, -0.2) is 86.0 Å². The van der Waals surface area contributed by atoms with E-state index in [1.54, 1.807) is 6.07 Å². The van der Waals surface area contributed by atoms with Crippen LogP contribution < -0.4 is 9.62 Å². The topological polar surface area (TPSA) is 123 Å². The summed E-state index contributed by atoms with van der Waals surface area (Å²) in [6, 6.07) is 10.6. The third kappa shape index (κ3) is 7.89. The van der Waals surface area contributed by atoms with Crippen molar-refractivity contribution in [1.82, 2.24) is 14.8 Å². The van der Waals surface area contributed by atoms with Crippen LogP contribution in [0.4, 0.5) is 15.9 Å². The summed E-state index contributed by atoms with van der Waals surface area (Å²) in [6.07, 6.45) is 2.11. The van der Waals surface area contributed by atoms with Crippen molar-refractivity contribution in [1.29, 1.82) is 0 Å². The highest BCUT2D eigenvalue weighted by Gasteiger charge is 2.25. The SMILES string of the molecule is Cl.Cl.Cl.O=C(O)c1cc(N2CCN(CC(=O)N3CCCC3)CC2)nc2ccc(NS(=O)(=O)c3cccc(F)c3)cc12. The number of nitrogens with zero attached hydrogens (tertiary/aromatic N) is 4. The molecule has 2 aliphatic rings. The summed E-state index contributed by atoms with van der Waals surface area (Å²) in [6.45, 7) is 4.53. The predicted molar refractivity (Wildman–Crippen MR) is 162 cm³/mol. The molecule has 2 N–H and O–H groups in total. The van der Waals surface area contributed by atoms with Gasteiger partial charge in [0.05, 0.1) is 22.5 Å². The van der Waals surface area contributed by atoms with E-state index in [2.05, 4.69) is 14.6 Å². The number of carbonyl (C=O) groups is 2. The number of likely N-dealkylation sites (tertiary alicyclic amines) is 1. The van der Waals surface area contributed by atoms with Crippen LogP contribution in [0.25, 0.3) is 10.9 Å². The summed E-state index contributed by atoms with van der Waals surface area (Å²) in [5.74, 6) is -1.20. The van der Waals surface area contributed by atoms with Crippen LogP contribution >= 0.6 is 37.2 Å². The maximum atomic E-state index is 13.5. The molecule has 10 nitrogen and oxygen atoms in total. The monoisotopic (exact) mass is 649 g/mol. The average Bonchev–Trinajstić information content (AvgIpc) is 3.44. The van der Waals surface area contributed by atoms with Gasteiger partial charge in [-0.05, 0) is 55.3 Å². The number of rotatable bonds is 7. The number of benzene rings is 2. The van der Waals surface area contributed by atoms with E-state index in [4.69, 9.17) is 0 Å². The molecule has 0 aliphatic carbocycles. The predicted octanol–water partition coefficient (Wildman–Crippen LogP) is 3.88. The third-order valence-electron chi connectivity index (χ3n) is 6.90. The van der Waals surface area contributed by atoms with Gasteiger partial charge in [-0.15, -0.1) is 37.2 Å². The molecule has 0 saturated carbocycles. The highest BCUT2D eigenvalue weighted by molar-refractivity contribution is 7.92. The Morgan fingerprint density at radius 2 is 1.61 bits per heavy atom. The maximum Gasteiger partial charge on any atom is 0.336 e. The number of hydrogen-bond acceptors (Lipinski definition) is 7. The zero-order chi connectivity index (χ0) is 26.9. The van der Waals surface area contributed by atoms with E-state index < -0.39 is 21.8 Å². The molecule has 2 fully saturated rings. The summed E-state index contributed by atoms with van der Waals surface area (Å²) in [5.41, 5.74) is 0.527. The summed E-state index contributed by atoms with van der Waals surface area (Å²) in [7, 11) is -4.08. The Hall–Kier alpha value is -2.90. The van der Waals surface area contributed by atoms with Crippen molar-refractivity contribution >= 4 is 81.5 Å². The number of sulfonamides is 1. The van der Waals surface area contributed by atoms with Crippen LogP contribution in [-0.2, 0) is 14.8 Å². The van der Waals surface area contributed by atoms with Gasteiger partial charge in [0.15, 0.2) is 0 Å². The summed E-state index contributed by atoms with van der Waals surface area (Å²) in [5, 5.41) is 10.2. The van der Waals surface area contributed by atoms with Gasteiger partial charge in [-0.2, -0.15) is 0 Å². The van der Waals surface area contributed by atoms with E-state index in [0.717, 1.165) is 38.1 Å². The lowest BCUT2D eigenvalue weighted by Crippen LogP contribution is -2.50. The van der Waals surface area contributed by atoms with E-state index >= 15 is 0 Å². The Balaban J connectivity index is 0.00000196. The minimum absolute atomic E-state index is 0. The maximum absolute atomic E-state index is 13.5. The molecule has 0 spiro atoms. The molecular weight excluding hydrogens is 620 g/mol. The fourth-order valence-corrected chi connectivity index (χ4v) is 5.94. The highest BCUT2D eigenvalue weighted by Crippen LogP contribution is 2.28. The third-order valence-corrected chi connectivity index (χ3v) is 8.28. The van der Waals surface area contributed by atoms with Gasteiger partial charge in [-0.25, -0.2) is 22.6 Å². The van der Waals surface area contributed by atoms with Crippen LogP contribution in [0.15, 0.2) is 53.4 Å². The number of carboxylic acid groups (broad SMARTS) is 1. The quantitative estimate of drug-likeness (QED) is 0.395. The van der Waals surface area contributed by atoms with Crippen LogP contribution in [0, 0.1) is 5.82 Å². The second-order valence-electron chi connectivity index (χ2n) is 9.48. The fourth-order valence-electron chi connectivity index (χ4n) is 4.86. The van der Waals surface area contributed by atoms with Crippen molar-refractivity contribution in [3.8, 4) is 0 Å². The molecule has 2 aromatic carbocycles. The second kappa shape index (κ2) is 14.3. The number of amides is 1. The van der Waals surface area contributed by atoms with Crippen molar-refractivity contribution in [2.45, 2.75) is 17.7 Å². The molecule has 2 saturated heterocycles. The molecule has 1 amide bonds. The smallest absolute Gasteiger partial charge is 0.336 e. The number of piperazine rings is 1. The zero-order valence-corrected chi connectivity index (χ0v) is 25.1. The molecule has 2 aliphatic heterocycles. The number of pyridine rings is 1. The van der Waals surface area contributed by atoms with Crippen LogP contribution in [0.2, 0.25) is 0 Å². The number of hydrogen-bond donors (Lipinski definition) is 2. The van der Waals surface area contributed by atoms with Crippen LogP contribution in [0.3, 0.4) is 0 Å². The second-order valence-corrected chi connectivity index (χ2v) is 11.2. The standard InChI is InChI=1S/C26H28FN5O5S.3ClH/c27-18-4-3-5-20(14-18)38(36,37)29-19-6-7-23-21(15-19)22(26(34)35)16-24(28-23)31-12-10-30(11-13-31)17-25(33)32-8-1-2-9-32;;;/h3-7,14-16,29H,1-2,8-13,17H2,(H,34,35);3*1H. The Bertz CT molecular complexity index is 1500. The molecule has 41 heavy (non-hydrogen) atoms. The summed E-state index contributed by atoms with van der Waals surface area (Å²) >= 11 is 0. The number of fused-ring (bicyclic) bond motifs is 1. The molecule has 0 atom stereocenters. The lowest BCUT2D eigenvalue weighted by molar-refractivity contribution is -0.131. The molecule has 224 valence electrons. The number of carbonyl (C=O) groups excluding carboxylic acids is 1. The Morgan fingerprint density at radius 1 is 0.927 bits per heavy atom. The Morgan fingerprint density at radius 3 is 2.24 bits per heavy atom. The van der Waals surface area contributed by atoms with Crippen LogP contribution in [0.5, 0.6) is 0 Å². The van der Waals surface area contributed by atoms with Gasteiger partial charge >= 0.3 is 5.97 Å². The van der Waals surface area contributed by atoms with Crippen molar-refractivity contribution in [3.05, 3.63) is 59.9 Å². The van der Waals surface area contributed by atoms with Gasteiger partial charge < -0.3 is 14.9 Å². The number of anilines is 2. The average molecular weight is 651 g/mol. The molecule has 15 heteroatoms. The van der Waals surface area contributed by atoms with Crippen molar-refractivity contribution < 1.29 is 27.5 Å². The van der Waals surface area contributed by atoms with Gasteiger partial charge in [0.2, 0.25) is 5.91 Å². The highest BCUT2D eigenvalue weighted by atomic mass is 35.5. The van der Waals surface area contributed by atoms with Gasteiger partial charge in [-0.3, -0.25) is 14.4 Å². The minimum atomic E-state index is -4.08. The molecule has 3 heterocycles.